The van der Waals surface area contributed by atoms with Crippen LogP contribution < -0.4 is 9.62 Å². The highest BCUT2D eigenvalue weighted by molar-refractivity contribution is 7.92. The van der Waals surface area contributed by atoms with Crippen LogP contribution in [0.15, 0.2) is 41.4 Å². The van der Waals surface area contributed by atoms with E-state index in [-0.39, 0.29) is 15.7 Å². The molecule has 1 aromatic carbocycles. The fourth-order valence-electron chi connectivity index (χ4n) is 2.04. The van der Waals surface area contributed by atoms with Crippen molar-refractivity contribution in [2.75, 3.05) is 23.2 Å². The number of nitrogens with zero attached hydrogens (tertiary/aromatic N) is 2. The molecule has 1 heterocycles. The number of pyridine rings is 1. The Kier molecular flexibility index (Phi) is 6.32. The maximum atomic E-state index is 12.4. The summed E-state index contributed by atoms with van der Waals surface area (Å²) in [6, 6.07) is 7.60. The van der Waals surface area contributed by atoms with Gasteiger partial charge in [0, 0.05) is 13.6 Å². The molecule has 0 amide bonds. The van der Waals surface area contributed by atoms with Gasteiger partial charge in [-0.05, 0) is 36.8 Å². The number of hydrogen-bond donors (Lipinski definition) is 1. The van der Waals surface area contributed by atoms with Crippen LogP contribution in [-0.4, -0.2) is 27.0 Å². The zero-order valence-electron chi connectivity index (χ0n) is 13.5. The van der Waals surface area contributed by atoms with E-state index < -0.39 is 10.0 Å². The van der Waals surface area contributed by atoms with Gasteiger partial charge in [0.05, 0.1) is 26.8 Å². The molecule has 5 nitrogen and oxygen atoms in total. The van der Waals surface area contributed by atoms with E-state index in [0.717, 1.165) is 25.1 Å². The second kappa shape index (κ2) is 8.05. The Balaban J connectivity index is 2.13. The summed E-state index contributed by atoms with van der Waals surface area (Å²) < 4.78 is 27.2. The molecule has 0 bridgehead atoms. The van der Waals surface area contributed by atoms with Crippen LogP contribution in [0.4, 0.5) is 11.5 Å². The van der Waals surface area contributed by atoms with Gasteiger partial charge in [-0.1, -0.05) is 36.5 Å². The van der Waals surface area contributed by atoms with Crippen LogP contribution in [0.3, 0.4) is 0 Å². The summed E-state index contributed by atoms with van der Waals surface area (Å²) in [6.07, 6.45) is 3.84. The molecule has 0 aliphatic heterocycles. The predicted octanol–water partition coefficient (Wildman–Crippen LogP) is 4.43. The molecule has 0 spiro atoms. The van der Waals surface area contributed by atoms with Gasteiger partial charge >= 0.3 is 0 Å². The minimum atomic E-state index is -3.77. The van der Waals surface area contributed by atoms with Crippen molar-refractivity contribution in [3.63, 3.8) is 0 Å². The molecule has 0 unspecified atom stereocenters. The van der Waals surface area contributed by atoms with Crippen LogP contribution in [0.1, 0.15) is 19.8 Å². The van der Waals surface area contributed by atoms with Gasteiger partial charge < -0.3 is 4.90 Å². The molecular formula is C16H19Cl2N3O2S. The minimum Gasteiger partial charge on any atom is -0.373 e. The average molecular weight is 388 g/mol. The first kappa shape index (κ1) is 18.8. The van der Waals surface area contributed by atoms with Crippen molar-refractivity contribution >= 4 is 44.7 Å². The number of halogens is 2. The zero-order valence-corrected chi connectivity index (χ0v) is 15.8. The monoisotopic (exact) mass is 387 g/mol. The number of hydrogen-bond acceptors (Lipinski definition) is 4. The molecule has 8 heteroatoms. The van der Waals surface area contributed by atoms with Gasteiger partial charge in [-0.25, -0.2) is 13.4 Å². The topological polar surface area (TPSA) is 62.3 Å². The Bertz CT molecular complexity index is 795. The fraction of sp³-hybridized carbons (Fsp3) is 0.312. The second-order valence-corrected chi connectivity index (χ2v) is 7.85. The lowest BCUT2D eigenvalue weighted by Crippen LogP contribution is -2.19. The third-order valence-electron chi connectivity index (χ3n) is 3.48. The number of rotatable bonds is 7. The molecule has 0 saturated heterocycles. The summed E-state index contributed by atoms with van der Waals surface area (Å²) >= 11 is 11.7. The molecule has 130 valence electrons. The van der Waals surface area contributed by atoms with Crippen molar-refractivity contribution in [3.8, 4) is 0 Å². The van der Waals surface area contributed by atoms with Crippen molar-refractivity contribution in [3.05, 3.63) is 46.6 Å². The Labute approximate surface area is 152 Å². The summed E-state index contributed by atoms with van der Waals surface area (Å²) in [5.41, 5.74) is 0.931. The summed E-state index contributed by atoms with van der Waals surface area (Å²) in [6.45, 7) is 3.06. The quantitative estimate of drug-likeness (QED) is 0.763. The largest absolute Gasteiger partial charge is 0.373 e. The van der Waals surface area contributed by atoms with Gasteiger partial charge in [-0.2, -0.15) is 0 Å². The fourth-order valence-corrected chi connectivity index (χ4v) is 3.43. The Morgan fingerprint density at radius 3 is 2.50 bits per heavy atom. The zero-order chi connectivity index (χ0) is 17.7. The maximum absolute atomic E-state index is 12.4. The second-order valence-electron chi connectivity index (χ2n) is 5.36. The van der Waals surface area contributed by atoms with E-state index in [4.69, 9.17) is 23.2 Å². The number of anilines is 2. The molecule has 1 aromatic heterocycles. The highest BCUT2D eigenvalue weighted by atomic mass is 35.5. The van der Waals surface area contributed by atoms with Gasteiger partial charge in [0.2, 0.25) is 0 Å². The molecule has 0 radical (unpaired) electrons. The van der Waals surface area contributed by atoms with Gasteiger partial charge in [0.25, 0.3) is 10.0 Å². The smallest absolute Gasteiger partial charge is 0.263 e. The molecular weight excluding hydrogens is 369 g/mol. The maximum Gasteiger partial charge on any atom is 0.263 e. The molecule has 0 fully saturated rings. The van der Waals surface area contributed by atoms with Crippen LogP contribution in [0.5, 0.6) is 0 Å². The number of nitrogens with one attached hydrogen (secondary N) is 1. The first-order chi connectivity index (χ1) is 11.3. The standard InChI is InChI=1S/C16H19Cl2N3O2S/c1-3-4-9-21(2)12-5-8-16(19-11-12)20-24(22,23)13-6-7-14(17)15(18)10-13/h5-8,10-11H,3-4,9H2,1-2H3,(H,19,20). The van der Waals surface area contributed by atoms with E-state index in [2.05, 4.69) is 21.5 Å². The van der Waals surface area contributed by atoms with E-state index in [1.165, 1.54) is 18.2 Å². The van der Waals surface area contributed by atoms with Crippen molar-refractivity contribution in [2.24, 2.45) is 0 Å². The van der Waals surface area contributed by atoms with E-state index in [1.807, 2.05) is 13.1 Å². The molecule has 24 heavy (non-hydrogen) atoms. The molecule has 0 aliphatic rings. The third kappa shape index (κ3) is 4.75. The van der Waals surface area contributed by atoms with E-state index in [9.17, 15) is 8.42 Å². The number of aromatic nitrogens is 1. The van der Waals surface area contributed by atoms with Gasteiger partial charge in [0.15, 0.2) is 0 Å². The summed E-state index contributed by atoms with van der Waals surface area (Å²) in [5.74, 6) is 0.244. The van der Waals surface area contributed by atoms with E-state index in [1.54, 1.807) is 12.3 Å². The van der Waals surface area contributed by atoms with Crippen LogP contribution in [-0.2, 0) is 10.0 Å². The molecule has 2 rings (SSSR count). The lowest BCUT2D eigenvalue weighted by molar-refractivity contribution is 0.601. The third-order valence-corrected chi connectivity index (χ3v) is 5.57. The highest BCUT2D eigenvalue weighted by Crippen LogP contribution is 2.26. The molecule has 0 aliphatic carbocycles. The summed E-state index contributed by atoms with van der Waals surface area (Å²) in [4.78, 5) is 6.28. The van der Waals surface area contributed by atoms with Gasteiger partial charge in [0.1, 0.15) is 5.82 Å². The van der Waals surface area contributed by atoms with Gasteiger partial charge in [-0.3, -0.25) is 4.72 Å². The molecule has 1 N–H and O–H groups in total. The number of unbranched alkanes of at least 4 members (excludes halogenated alkanes) is 1. The van der Waals surface area contributed by atoms with Crippen molar-refractivity contribution in [2.45, 2.75) is 24.7 Å². The molecule has 2 aromatic rings. The summed E-state index contributed by atoms with van der Waals surface area (Å²) in [7, 11) is -1.79. The Morgan fingerprint density at radius 1 is 1.17 bits per heavy atom. The average Bonchev–Trinajstić information content (AvgIpc) is 2.55. The van der Waals surface area contributed by atoms with E-state index in [0.29, 0.717) is 5.02 Å². The van der Waals surface area contributed by atoms with Crippen LogP contribution in [0.25, 0.3) is 0 Å². The lowest BCUT2D eigenvalue weighted by atomic mass is 10.3. The first-order valence-corrected chi connectivity index (χ1v) is 9.72. The molecule has 0 saturated carbocycles. The van der Waals surface area contributed by atoms with Crippen molar-refractivity contribution in [1.82, 2.24) is 4.98 Å². The normalized spacial score (nSPS) is 11.3. The Morgan fingerprint density at radius 2 is 1.92 bits per heavy atom. The van der Waals surface area contributed by atoms with Crippen LogP contribution >= 0.6 is 23.2 Å². The number of benzene rings is 1. The SMILES string of the molecule is CCCCN(C)c1ccc(NS(=O)(=O)c2ccc(Cl)c(Cl)c2)nc1. The van der Waals surface area contributed by atoms with Gasteiger partial charge in [-0.15, -0.1) is 0 Å². The van der Waals surface area contributed by atoms with E-state index >= 15 is 0 Å². The predicted molar refractivity (Wildman–Crippen MR) is 99.7 cm³/mol. The summed E-state index contributed by atoms with van der Waals surface area (Å²) in [5, 5.41) is 0.480. The minimum absolute atomic E-state index is 0.0304. The number of sulfonamides is 1. The molecule has 0 atom stereocenters. The highest BCUT2D eigenvalue weighted by Gasteiger charge is 2.16. The lowest BCUT2D eigenvalue weighted by Gasteiger charge is -2.18. The van der Waals surface area contributed by atoms with Crippen LogP contribution in [0, 0.1) is 0 Å². The Hall–Kier alpha value is -1.50. The first-order valence-electron chi connectivity index (χ1n) is 7.48. The van der Waals surface area contributed by atoms with Crippen molar-refractivity contribution in [1.29, 1.82) is 0 Å². The van der Waals surface area contributed by atoms with Crippen LogP contribution in [0.2, 0.25) is 10.0 Å². The van der Waals surface area contributed by atoms with Crippen molar-refractivity contribution < 1.29 is 8.42 Å².